The minimum Gasteiger partial charge on any atom is -0.320 e. The fourth-order valence-corrected chi connectivity index (χ4v) is 2.16. The third-order valence-electron chi connectivity index (χ3n) is 1.89. The van der Waals surface area contributed by atoms with Crippen LogP contribution < -0.4 is 5.32 Å². The van der Waals surface area contributed by atoms with Gasteiger partial charge in [-0.1, -0.05) is 0 Å². The van der Waals surface area contributed by atoms with Crippen molar-refractivity contribution in [3.05, 3.63) is 15.6 Å². The Hall–Kier alpha value is -0.550. The van der Waals surface area contributed by atoms with Gasteiger partial charge in [-0.05, 0) is 26.9 Å². The molecule has 0 fully saturated rings. The Morgan fingerprint density at radius 3 is 2.71 bits per heavy atom. The summed E-state index contributed by atoms with van der Waals surface area (Å²) in [5.74, 6) is 0. The molecule has 0 atom stereocenters. The normalized spacial score (nSPS) is 11.2. The number of nitrogens with zero attached hydrogens (tertiary/aromatic N) is 1. The molecule has 0 aliphatic carbocycles. The van der Waals surface area contributed by atoms with Gasteiger partial charge in [-0.3, -0.25) is 0 Å². The number of halogens is 2. The molecule has 14 heavy (non-hydrogen) atoms. The van der Waals surface area contributed by atoms with E-state index in [2.05, 4.69) is 10.3 Å². The molecule has 0 amide bonds. The second-order valence-electron chi connectivity index (χ2n) is 3.07. The van der Waals surface area contributed by atoms with Crippen LogP contribution in [0.5, 0.6) is 0 Å². The first-order chi connectivity index (χ1) is 6.65. The first-order valence-corrected chi connectivity index (χ1v) is 5.35. The molecule has 1 aromatic heterocycles. The van der Waals surface area contributed by atoms with Gasteiger partial charge in [0, 0.05) is 6.42 Å². The van der Waals surface area contributed by atoms with Crippen molar-refractivity contribution in [3.8, 4) is 0 Å². The van der Waals surface area contributed by atoms with Crippen LogP contribution in [0.25, 0.3) is 0 Å². The maximum atomic E-state index is 12.4. The summed E-state index contributed by atoms with van der Waals surface area (Å²) in [4.78, 5) is 4.23. The highest BCUT2D eigenvalue weighted by molar-refractivity contribution is 7.11. The van der Waals surface area contributed by atoms with Crippen LogP contribution in [-0.4, -0.2) is 18.6 Å². The number of thiazole rings is 1. The first kappa shape index (κ1) is 11.5. The zero-order chi connectivity index (χ0) is 10.6. The van der Waals surface area contributed by atoms with Crippen molar-refractivity contribution in [2.45, 2.75) is 26.2 Å². The Kier molecular flexibility index (Phi) is 4.41. The minimum absolute atomic E-state index is 0.115. The lowest BCUT2D eigenvalue weighted by molar-refractivity contribution is 0.154. The van der Waals surface area contributed by atoms with Crippen LogP contribution in [-0.2, 0) is 6.42 Å². The first-order valence-electron chi connectivity index (χ1n) is 4.54. The van der Waals surface area contributed by atoms with Gasteiger partial charge in [0.25, 0.3) is 6.43 Å². The highest BCUT2D eigenvalue weighted by Crippen LogP contribution is 2.29. The van der Waals surface area contributed by atoms with E-state index in [0.717, 1.165) is 35.7 Å². The lowest BCUT2D eigenvalue weighted by Gasteiger charge is -1.95. The molecule has 0 saturated carbocycles. The summed E-state index contributed by atoms with van der Waals surface area (Å²) in [5, 5.41) is 3.82. The van der Waals surface area contributed by atoms with Crippen LogP contribution in [0.1, 0.15) is 28.4 Å². The van der Waals surface area contributed by atoms with Crippen LogP contribution in [0.2, 0.25) is 0 Å². The maximum Gasteiger partial charge on any atom is 0.274 e. The third kappa shape index (κ3) is 2.99. The molecule has 2 nitrogen and oxygen atoms in total. The fourth-order valence-electron chi connectivity index (χ4n) is 1.19. The Morgan fingerprint density at radius 1 is 1.50 bits per heavy atom. The molecule has 0 unspecified atom stereocenters. The Bertz CT molecular complexity index is 286. The standard InChI is InChI=1S/C9H14F2N2S/c1-6-8(9(10)11)14-7(13-6)4-3-5-12-2/h9,12H,3-5H2,1-2H3. The van der Waals surface area contributed by atoms with Crippen molar-refractivity contribution >= 4 is 11.3 Å². The number of hydrogen-bond donors (Lipinski definition) is 1. The maximum absolute atomic E-state index is 12.4. The van der Waals surface area contributed by atoms with E-state index in [1.807, 2.05) is 7.05 Å². The number of nitrogens with one attached hydrogen (secondary N) is 1. The van der Waals surface area contributed by atoms with Crippen molar-refractivity contribution in [2.75, 3.05) is 13.6 Å². The predicted octanol–water partition coefficient (Wildman–Crippen LogP) is 2.54. The second-order valence-corrected chi connectivity index (χ2v) is 4.18. The lowest BCUT2D eigenvalue weighted by atomic mass is 10.3. The number of alkyl halides is 2. The summed E-state index contributed by atoms with van der Waals surface area (Å²) in [7, 11) is 1.87. The summed E-state index contributed by atoms with van der Waals surface area (Å²) in [5.41, 5.74) is 0.476. The topological polar surface area (TPSA) is 24.9 Å². The number of aromatic nitrogens is 1. The summed E-state index contributed by atoms with van der Waals surface area (Å²) >= 11 is 1.13. The monoisotopic (exact) mass is 220 g/mol. The van der Waals surface area contributed by atoms with E-state index in [-0.39, 0.29) is 4.88 Å². The van der Waals surface area contributed by atoms with Gasteiger partial charge < -0.3 is 5.32 Å². The van der Waals surface area contributed by atoms with Gasteiger partial charge in [0.2, 0.25) is 0 Å². The molecule has 1 heterocycles. The molecule has 80 valence electrons. The summed E-state index contributed by atoms with van der Waals surface area (Å²) < 4.78 is 24.8. The van der Waals surface area contributed by atoms with Crippen molar-refractivity contribution in [1.29, 1.82) is 0 Å². The quantitative estimate of drug-likeness (QED) is 0.771. The molecule has 0 aliphatic heterocycles. The highest BCUT2D eigenvalue weighted by Gasteiger charge is 2.15. The SMILES string of the molecule is CNCCCc1nc(C)c(C(F)F)s1. The molecule has 0 saturated heterocycles. The number of hydrogen-bond acceptors (Lipinski definition) is 3. The van der Waals surface area contributed by atoms with Crippen LogP contribution in [0.3, 0.4) is 0 Å². The van der Waals surface area contributed by atoms with E-state index >= 15 is 0 Å². The van der Waals surface area contributed by atoms with E-state index < -0.39 is 6.43 Å². The number of aryl methyl sites for hydroxylation is 2. The molecule has 1 N–H and O–H groups in total. The van der Waals surface area contributed by atoms with Gasteiger partial charge in [-0.15, -0.1) is 11.3 Å². The lowest BCUT2D eigenvalue weighted by Crippen LogP contribution is -2.08. The minimum atomic E-state index is -2.38. The van der Waals surface area contributed by atoms with Crippen LogP contribution >= 0.6 is 11.3 Å². The Morgan fingerprint density at radius 2 is 2.21 bits per heavy atom. The largest absolute Gasteiger partial charge is 0.320 e. The van der Waals surface area contributed by atoms with E-state index in [1.165, 1.54) is 0 Å². The summed E-state index contributed by atoms with van der Waals surface area (Å²) in [6.07, 6.45) is -0.670. The number of rotatable bonds is 5. The molecule has 1 rings (SSSR count). The molecule has 0 aromatic carbocycles. The molecular weight excluding hydrogens is 206 g/mol. The average molecular weight is 220 g/mol. The van der Waals surface area contributed by atoms with E-state index in [1.54, 1.807) is 6.92 Å². The average Bonchev–Trinajstić information content (AvgIpc) is 2.47. The molecule has 0 spiro atoms. The predicted molar refractivity (Wildman–Crippen MR) is 54.1 cm³/mol. The van der Waals surface area contributed by atoms with Gasteiger partial charge in [-0.2, -0.15) is 0 Å². The molecule has 0 radical (unpaired) electrons. The van der Waals surface area contributed by atoms with Crippen LogP contribution in [0.4, 0.5) is 8.78 Å². The van der Waals surface area contributed by atoms with Gasteiger partial charge in [0.15, 0.2) is 0 Å². The second kappa shape index (κ2) is 5.36. The molecule has 0 bridgehead atoms. The van der Waals surface area contributed by atoms with E-state index in [9.17, 15) is 8.78 Å². The fraction of sp³-hybridized carbons (Fsp3) is 0.667. The van der Waals surface area contributed by atoms with Gasteiger partial charge in [0.05, 0.1) is 15.6 Å². The van der Waals surface area contributed by atoms with E-state index in [4.69, 9.17) is 0 Å². The molecular formula is C9H14F2N2S. The molecule has 0 aliphatic rings. The van der Waals surface area contributed by atoms with Gasteiger partial charge in [0.1, 0.15) is 0 Å². The van der Waals surface area contributed by atoms with Crippen LogP contribution in [0, 0.1) is 6.92 Å². The summed E-state index contributed by atoms with van der Waals surface area (Å²) in [6.45, 7) is 2.53. The Balaban J connectivity index is 2.57. The summed E-state index contributed by atoms with van der Waals surface area (Å²) in [6, 6.07) is 0. The smallest absolute Gasteiger partial charge is 0.274 e. The molecule has 5 heteroatoms. The Labute approximate surface area is 86.4 Å². The van der Waals surface area contributed by atoms with Gasteiger partial charge in [-0.25, -0.2) is 13.8 Å². The zero-order valence-corrected chi connectivity index (χ0v) is 9.13. The highest BCUT2D eigenvalue weighted by atomic mass is 32.1. The van der Waals surface area contributed by atoms with Gasteiger partial charge >= 0.3 is 0 Å². The van der Waals surface area contributed by atoms with Crippen LogP contribution in [0.15, 0.2) is 0 Å². The van der Waals surface area contributed by atoms with E-state index in [0.29, 0.717) is 5.69 Å². The molecule has 1 aromatic rings. The van der Waals surface area contributed by atoms with Crippen molar-refractivity contribution < 1.29 is 8.78 Å². The van der Waals surface area contributed by atoms with Crippen molar-refractivity contribution in [3.63, 3.8) is 0 Å². The third-order valence-corrected chi connectivity index (χ3v) is 3.12. The van der Waals surface area contributed by atoms with Crippen molar-refractivity contribution in [1.82, 2.24) is 10.3 Å². The zero-order valence-electron chi connectivity index (χ0n) is 8.31. The van der Waals surface area contributed by atoms with Crippen molar-refractivity contribution in [2.24, 2.45) is 0 Å².